The van der Waals surface area contributed by atoms with E-state index in [-0.39, 0.29) is 0 Å². The summed E-state index contributed by atoms with van der Waals surface area (Å²) in [4.78, 5) is 8.85. The molecule has 1 fully saturated rings. The van der Waals surface area contributed by atoms with Gasteiger partial charge in [-0.15, -0.1) is 0 Å². The Kier molecular flexibility index (Phi) is 4.40. The van der Waals surface area contributed by atoms with E-state index in [0.717, 1.165) is 27.8 Å². The largest absolute Gasteiger partial charge is 0.368 e. The highest BCUT2D eigenvalue weighted by atomic mass is 15.1. The van der Waals surface area contributed by atoms with Gasteiger partial charge >= 0.3 is 0 Å². The number of nitrogens with zero attached hydrogens (tertiary/aromatic N) is 3. The third kappa shape index (κ3) is 3.31. The van der Waals surface area contributed by atoms with E-state index in [4.69, 9.17) is 11.0 Å². The lowest BCUT2D eigenvalue weighted by Crippen LogP contribution is -2.23. The summed E-state index contributed by atoms with van der Waals surface area (Å²) in [7, 11) is 0. The number of nitrogens with two attached hydrogens (primary N) is 1. The van der Waals surface area contributed by atoms with Crippen molar-refractivity contribution in [3.8, 4) is 17.2 Å². The van der Waals surface area contributed by atoms with Gasteiger partial charge in [-0.2, -0.15) is 10.2 Å². The van der Waals surface area contributed by atoms with Crippen LogP contribution >= 0.6 is 0 Å². The predicted molar refractivity (Wildman–Crippen MR) is 105 cm³/mol. The van der Waals surface area contributed by atoms with Gasteiger partial charge in [-0.05, 0) is 48.2 Å². The Balaban J connectivity index is 1.74. The molecule has 5 heteroatoms. The molecule has 26 heavy (non-hydrogen) atoms. The summed E-state index contributed by atoms with van der Waals surface area (Å²) in [5, 5.41) is 13.5. The number of hydrogen-bond acceptors (Lipinski definition) is 5. The topological polar surface area (TPSA) is 87.6 Å². The van der Waals surface area contributed by atoms with E-state index in [2.05, 4.69) is 27.4 Å². The van der Waals surface area contributed by atoms with Crippen LogP contribution in [-0.4, -0.2) is 16.0 Å². The van der Waals surface area contributed by atoms with Crippen LogP contribution in [0.15, 0.2) is 42.5 Å². The van der Waals surface area contributed by atoms with Crippen LogP contribution < -0.4 is 11.1 Å². The summed E-state index contributed by atoms with van der Waals surface area (Å²) in [5.74, 6) is 1.11. The molecule has 0 bridgehead atoms. The molecular weight excluding hydrogens is 322 g/mol. The minimum Gasteiger partial charge on any atom is -0.368 e. The lowest BCUT2D eigenvalue weighted by molar-refractivity contribution is 0.462. The lowest BCUT2D eigenvalue weighted by atomic mass is 9.95. The first-order valence-corrected chi connectivity index (χ1v) is 9.07. The Bertz CT molecular complexity index is 966. The highest BCUT2D eigenvalue weighted by molar-refractivity contribution is 5.93. The van der Waals surface area contributed by atoms with Crippen molar-refractivity contribution in [3.63, 3.8) is 0 Å². The number of nitrogens with one attached hydrogen (secondary N) is 1. The highest BCUT2D eigenvalue weighted by Crippen LogP contribution is 2.30. The molecule has 3 N–H and O–H groups in total. The Hall–Kier alpha value is -3.13. The average Bonchev–Trinajstić information content (AvgIpc) is 2.68. The van der Waals surface area contributed by atoms with Crippen molar-refractivity contribution in [2.24, 2.45) is 0 Å². The van der Waals surface area contributed by atoms with Crippen LogP contribution in [0.2, 0.25) is 0 Å². The molecule has 2 aromatic carbocycles. The maximum atomic E-state index is 8.97. The molecule has 1 aliphatic rings. The van der Waals surface area contributed by atoms with E-state index in [1.54, 1.807) is 0 Å². The van der Waals surface area contributed by atoms with Gasteiger partial charge in [-0.1, -0.05) is 37.5 Å². The minimum absolute atomic E-state index is 0.293. The van der Waals surface area contributed by atoms with E-state index in [1.165, 1.54) is 32.1 Å². The molecule has 0 atom stereocenters. The monoisotopic (exact) mass is 343 g/mol. The number of rotatable bonds is 3. The fourth-order valence-electron chi connectivity index (χ4n) is 3.61. The Labute approximate surface area is 152 Å². The molecule has 5 nitrogen and oxygen atoms in total. The molecule has 4 rings (SSSR count). The van der Waals surface area contributed by atoms with Crippen molar-refractivity contribution in [3.05, 3.63) is 48.0 Å². The second kappa shape index (κ2) is 7.01. The average molecular weight is 343 g/mol. The number of anilines is 2. The predicted octanol–water partition coefficient (Wildman–Crippen LogP) is 4.50. The van der Waals surface area contributed by atoms with Crippen LogP contribution in [0, 0.1) is 11.3 Å². The third-order valence-corrected chi connectivity index (χ3v) is 5.01. The first-order chi connectivity index (χ1) is 12.7. The standard InChI is InChI=1S/C21H21N5/c22-13-14-6-8-15(9-7-14)16-10-11-19-18(12-16)20(26-21(23)25-19)24-17-4-2-1-3-5-17/h6-12,17H,1-5H2,(H3,23,24,25,26). The van der Waals surface area contributed by atoms with Gasteiger partial charge in [0.05, 0.1) is 17.1 Å². The first kappa shape index (κ1) is 16.3. The summed E-state index contributed by atoms with van der Waals surface area (Å²) in [5.41, 5.74) is 9.55. The smallest absolute Gasteiger partial charge is 0.222 e. The molecule has 0 unspecified atom stereocenters. The number of nitrogen functional groups attached to an aromatic ring is 1. The highest BCUT2D eigenvalue weighted by Gasteiger charge is 2.16. The Morgan fingerprint density at radius 2 is 1.69 bits per heavy atom. The van der Waals surface area contributed by atoms with Gasteiger partial charge in [0.15, 0.2) is 0 Å². The van der Waals surface area contributed by atoms with Crippen molar-refractivity contribution in [2.75, 3.05) is 11.1 Å². The first-order valence-electron chi connectivity index (χ1n) is 9.07. The van der Waals surface area contributed by atoms with Crippen LogP contribution in [-0.2, 0) is 0 Å². The van der Waals surface area contributed by atoms with E-state index in [1.807, 2.05) is 36.4 Å². The molecule has 0 spiro atoms. The van der Waals surface area contributed by atoms with Crippen LogP contribution in [0.1, 0.15) is 37.7 Å². The zero-order valence-electron chi connectivity index (χ0n) is 14.6. The molecule has 1 heterocycles. The van der Waals surface area contributed by atoms with Crippen molar-refractivity contribution < 1.29 is 0 Å². The molecule has 1 aliphatic carbocycles. The van der Waals surface area contributed by atoms with Crippen molar-refractivity contribution >= 4 is 22.7 Å². The van der Waals surface area contributed by atoms with Gasteiger partial charge in [0.25, 0.3) is 0 Å². The molecule has 0 aliphatic heterocycles. The fraction of sp³-hybridized carbons (Fsp3) is 0.286. The van der Waals surface area contributed by atoms with Gasteiger partial charge in [-0.25, -0.2) is 4.98 Å². The molecule has 1 saturated carbocycles. The number of aromatic nitrogens is 2. The normalized spacial score (nSPS) is 14.9. The molecule has 130 valence electrons. The number of benzene rings is 2. The van der Waals surface area contributed by atoms with Gasteiger partial charge in [-0.3, -0.25) is 0 Å². The molecule has 0 radical (unpaired) electrons. The number of hydrogen-bond donors (Lipinski definition) is 2. The van der Waals surface area contributed by atoms with Crippen LogP contribution in [0.25, 0.3) is 22.0 Å². The quantitative estimate of drug-likeness (QED) is 0.731. The van der Waals surface area contributed by atoms with E-state index < -0.39 is 0 Å². The van der Waals surface area contributed by atoms with Gasteiger partial charge in [0, 0.05) is 11.4 Å². The molecule has 0 amide bonds. The summed E-state index contributed by atoms with van der Waals surface area (Å²) >= 11 is 0. The van der Waals surface area contributed by atoms with Crippen molar-refractivity contribution in [1.29, 1.82) is 5.26 Å². The summed E-state index contributed by atoms with van der Waals surface area (Å²) in [6.45, 7) is 0. The van der Waals surface area contributed by atoms with E-state index in [0.29, 0.717) is 17.6 Å². The second-order valence-corrected chi connectivity index (χ2v) is 6.83. The zero-order valence-corrected chi connectivity index (χ0v) is 14.6. The zero-order chi connectivity index (χ0) is 17.9. The molecule has 1 aromatic heterocycles. The van der Waals surface area contributed by atoms with E-state index in [9.17, 15) is 0 Å². The molecular formula is C21H21N5. The number of nitriles is 1. The van der Waals surface area contributed by atoms with Gasteiger partial charge in [0.2, 0.25) is 5.95 Å². The SMILES string of the molecule is N#Cc1ccc(-c2ccc3nc(N)nc(NC4CCCCC4)c3c2)cc1. The summed E-state index contributed by atoms with van der Waals surface area (Å²) in [6.07, 6.45) is 6.16. The maximum Gasteiger partial charge on any atom is 0.222 e. The van der Waals surface area contributed by atoms with Gasteiger partial charge in [0.1, 0.15) is 5.82 Å². The Morgan fingerprint density at radius 3 is 2.42 bits per heavy atom. The van der Waals surface area contributed by atoms with Crippen LogP contribution in [0.3, 0.4) is 0 Å². The van der Waals surface area contributed by atoms with Crippen molar-refractivity contribution in [2.45, 2.75) is 38.1 Å². The minimum atomic E-state index is 0.293. The fourth-order valence-corrected chi connectivity index (χ4v) is 3.61. The number of fused-ring (bicyclic) bond motifs is 1. The molecule has 3 aromatic rings. The molecule has 0 saturated heterocycles. The summed E-state index contributed by atoms with van der Waals surface area (Å²) < 4.78 is 0. The summed E-state index contributed by atoms with van der Waals surface area (Å²) in [6, 6.07) is 16.3. The Morgan fingerprint density at radius 1 is 0.962 bits per heavy atom. The lowest BCUT2D eigenvalue weighted by Gasteiger charge is -2.24. The van der Waals surface area contributed by atoms with E-state index >= 15 is 0 Å². The van der Waals surface area contributed by atoms with Crippen LogP contribution in [0.5, 0.6) is 0 Å². The van der Waals surface area contributed by atoms with Crippen LogP contribution in [0.4, 0.5) is 11.8 Å². The van der Waals surface area contributed by atoms with Crippen molar-refractivity contribution in [1.82, 2.24) is 9.97 Å². The third-order valence-electron chi connectivity index (χ3n) is 5.01. The van der Waals surface area contributed by atoms with Gasteiger partial charge < -0.3 is 11.1 Å². The second-order valence-electron chi connectivity index (χ2n) is 6.83. The maximum absolute atomic E-state index is 8.97.